The van der Waals surface area contributed by atoms with Crippen LogP contribution in [0, 0.1) is 0 Å². The summed E-state index contributed by atoms with van der Waals surface area (Å²) in [4.78, 5) is 24.3. The van der Waals surface area contributed by atoms with E-state index < -0.39 is 0 Å². The van der Waals surface area contributed by atoms with E-state index in [4.69, 9.17) is 23.2 Å². The van der Waals surface area contributed by atoms with Crippen molar-refractivity contribution in [1.29, 1.82) is 0 Å². The Morgan fingerprint density at radius 1 is 1.04 bits per heavy atom. The quantitative estimate of drug-likeness (QED) is 0.501. The molecule has 2 aromatic carbocycles. The van der Waals surface area contributed by atoms with Crippen LogP contribution >= 0.6 is 23.2 Å². The van der Waals surface area contributed by atoms with Gasteiger partial charge in [0.15, 0.2) is 0 Å². The number of nitrogens with zero attached hydrogens (tertiary/aromatic N) is 1. The van der Waals surface area contributed by atoms with E-state index in [1.807, 2.05) is 12.1 Å². The SMILES string of the molecule is C/C(CC(=O)Nc1cc(Cl)ccc1Cl)=N/NC(=O)c1ccc(C(C)(C)C)cc1. The lowest BCUT2D eigenvalue weighted by Crippen LogP contribution is -2.22. The van der Waals surface area contributed by atoms with Gasteiger partial charge >= 0.3 is 0 Å². The van der Waals surface area contributed by atoms with Crippen molar-refractivity contribution in [3.05, 3.63) is 63.6 Å². The van der Waals surface area contributed by atoms with Gasteiger partial charge in [-0.1, -0.05) is 56.1 Å². The van der Waals surface area contributed by atoms with E-state index in [9.17, 15) is 9.59 Å². The van der Waals surface area contributed by atoms with Gasteiger partial charge in [0.2, 0.25) is 5.91 Å². The summed E-state index contributed by atoms with van der Waals surface area (Å²) in [5.41, 5.74) is 5.00. The van der Waals surface area contributed by atoms with Crippen molar-refractivity contribution in [2.45, 2.75) is 39.5 Å². The van der Waals surface area contributed by atoms with Gasteiger partial charge in [-0.2, -0.15) is 5.10 Å². The number of carbonyl (C=O) groups is 2. The van der Waals surface area contributed by atoms with Crippen molar-refractivity contribution in [3.63, 3.8) is 0 Å². The van der Waals surface area contributed by atoms with Gasteiger partial charge in [0.25, 0.3) is 5.91 Å². The van der Waals surface area contributed by atoms with Gasteiger partial charge in [-0.15, -0.1) is 0 Å². The number of amides is 2. The van der Waals surface area contributed by atoms with E-state index >= 15 is 0 Å². The molecule has 0 saturated carbocycles. The summed E-state index contributed by atoms with van der Waals surface area (Å²) in [6, 6.07) is 12.2. The molecule has 0 aliphatic rings. The molecule has 2 rings (SSSR count). The number of hydrogen-bond acceptors (Lipinski definition) is 3. The van der Waals surface area contributed by atoms with E-state index in [0.717, 1.165) is 5.56 Å². The molecule has 148 valence electrons. The minimum Gasteiger partial charge on any atom is -0.324 e. The zero-order valence-corrected chi connectivity index (χ0v) is 17.8. The smallest absolute Gasteiger partial charge is 0.271 e. The topological polar surface area (TPSA) is 70.6 Å². The van der Waals surface area contributed by atoms with Gasteiger partial charge in [0.1, 0.15) is 0 Å². The molecule has 0 unspecified atom stereocenters. The Kier molecular flexibility index (Phi) is 7.22. The third-order valence-electron chi connectivity index (χ3n) is 3.98. The van der Waals surface area contributed by atoms with Crippen LogP contribution < -0.4 is 10.7 Å². The Hall–Kier alpha value is -2.37. The molecule has 2 N–H and O–H groups in total. The lowest BCUT2D eigenvalue weighted by Gasteiger charge is -2.18. The molecule has 28 heavy (non-hydrogen) atoms. The molecule has 0 saturated heterocycles. The molecule has 0 heterocycles. The van der Waals surface area contributed by atoms with Crippen molar-refractivity contribution < 1.29 is 9.59 Å². The van der Waals surface area contributed by atoms with Crippen molar-refractivity contribution in [2.24, 2.45) is 5.10 Å². The largest absolute Gasteiger partial charge is 0.324 e. The standard InChI is InChI=1S/C21H23Cl2N3O2/c1-13(11-19(27)24-18-12-16(22)9-10-17(18)23)25-26-20(28)14-5-7-15(8-6-14)21(2,3)4/h5-10,12H,11H2,1-4H3,(H,24,27)(H,26,28)/b25-13-. The zero-order chi connectivity index (χ0) is 20.9. The van der Waals surface area contributed by atoms with Gasteiger partial charge in [-0.3, -0.25) is 9.59 Å². The van der Waals surface area contributed by atoms with Crippen LogP contribution in [0.4, 0.5) is 5.69 Å². The monoisotopic (exact) mass is 419 g/mol. The fraction of sp³-hybridized carbons (Fsp3) is 0.286. The highest BCUT2D eigenvalue weighted by Gasteiger charge is 2.14. The minimum absolute atomic E-state index is 0.00604. The Morgan fingerprint density at radius 2 is 1.68 bits per heavy atom. The molecule has 0 aromatic heterocycles. The van der Waals surface area contributed by atoms with Crippen LogP contribution in [0.15, 0.2) is 47.6 Å². The lowest BCUT2D eigenvalue weighted by molar-refractivity contribution is -0.115. The molecule has 7 heteroatoms. The molecule has 2 amide bonds. The summed E-state index contributed by atoms with van der Waals surface area (Å²) < 4.78 is 0. The fourth-order valence-corrected chi connectivity index (χ4v) is 2.73. The molecular formula is C21H23Cl2N3O2. The Morgan fingerprint density at radius 3 is 2.29 bits per heavy atom. The first-order valence-corrected chi connectivity index (χ1v) is 9.51. The van der Waals surface area contributed by atoms with Gasteiger partial charge < -0.3 is 5.32 Å². The van der Waals surface area contributed by atoms with E-state index in [2.05, 4.69) is 36.6 Å². The summed E-state index contributed by atoms with van der Waals surface area (Å²) >= 11 is 11.9. The Bertz CT molecular complexity index is 901. The van der Waals surface area contributed by atoms with Crippen LogP contribution in [0.2, 0.25) is 10.0 Å². The number of rotatable bonds is 5. The average Bonchev–Trinajstić information content (AvgIpc) is 2.62. The van der Waals surface area contributed by atoms with Crippen molar-refractivity contribution >= 4 is 46.4 Å². The normalized spacial score (nSPS) is 11.9. The van der Waals surface area contributed by atoms with Gasteiger partial charge in [0, 0.05) is 16.3 Å². The number of halogens is 2. The summed E-state index contributed by atoms with van der Waals surface area (Å²) in [7, 11) is 0. The average molecular weight is 420 g/mol. The highest BCUT2D eigenvalue weighted by atomic mass is 35.5. The van der Waals surface area contributed by atoms with Crippen molar-refractivity contribution in [1.82, 2.24) is 5.43 Å². The van der Waals surface area contributed by atoms with Gasteiger partial charge in [-0.25, -0.2) is 5.43 Å². The molecule has 0 bridgehead atoms. The van der Waals surface area contributed by atoms with Crippen LogP contribution in [0.5, 0.6) is 0 Å². The van der Waals surface area contributed by atoms with E-state index in [0.29, 0.717) is 27.0 Å². The molecule has 0 spiro atoms. The Balaban J connectivity index is 1.93. The third-order valence-corrected chi connectivity index (χ3v) is 4.54. The number of carbonyl (C=O) groups excluding carboxylic acids is 2. The van der Waals surface area contributed by atoms with Crippen LogP contribution in [-0.4, -0.2) is 17.5 Å². The van der Waals surface area contributed by atoms with E-state index in [1.54, 1.807) is 37.3 Å². The first-order chi connectivity index (χ1) is 13.1. The molecule has 2 aromatic rings. The van der Waals surface area contributed by atoms with Crippen LogP contribution in [0.1, 0.15) is 50.0 Å². The maximum Gasteiger partial charge on any atom is 0.271 e. The summed E-state index contributed by atoms with van der Waals surface area (Å²) in [5, 5.41) is 7.52. The number of hydrazone groups is 1. The number of nitrogens with one attached hydrogen (secondary N) is 2. The summed E-state index contributed by atoms with van der Waals surface area (Å²) in [6.07, 6.45) is 0.00604. The summed E-state index contributed by atoms with van der Waals surface area (Å²) in [5.74, 6) is -0.646. The molecular weight excluding hydrogens is 397 g/mol. The molecule has 0 fully saturated rings. The second-order valence-electron chi connectivity index (χ2n) is 7.46. The van der Waals surface area contributed by atoms with Gasteiger partial charge in [0.05, 0.1) is 17.1 Å². The molecule has 0 radical (unpaired) electrons. The second kappa shape index (κ2) is 9.22. The number of hydrogen-bond donors (Lipinski definition) is 2. The van der Waals surface area contributed by atoms with Crippen LogP contribution in [-0.2, 0) is 10.2 Å². The van der Waals surface area contributed by atoms with Crippen LogP contribution in [0.25, 0.3) is 0 Å². The first-order valence-electron chi connectivity index (χ1n) is 8.75. The van der Waals surface area contributed by atoms with Crippen molar-refractivity contribution in [3.8, 4) is 0 Å². The highest BCUT2D eigenvalue weighted by Crippen LogP contribution is 2.25. The third kappa shape index (κ3) is 6.36. The predicted molar refractivity (Wildman–Crippen MR) is 115 cm³/mol. The van der Waals surface area contributed by atoms with Gasteiger partial charge in [-0.05, 0) is 48.2 Å². The Labute approximate surface area is 175 Å². The predicted octanol–water partition coefficient (Wildman–Crippen LogP) is 5.43. The van der Waals surface area contributed by atoms with E-state index in [-0.39, 0.29) is 23.7 Å². The second-order valence-corrected chi connectivity index (χ2v) is 8.31. The number of anilines is 1. The maximum atomic E-state index is 12.2. The molecule has 5 nitrogen and oxygen atoms in total. The highest BCUT2D eigenvalue weighted by molar-refractivity contribution is 6.35. The number of benzene rings is 2. The van der Waals surface area contributed by atoms with Crippen molar-refractivity contribution in [2.75, 3.05) is 5.32 Å². The van der Waals surface area contributed by atoms with E-state index in [1.165, 1.54) is 0 Å². The first kappa shape index (κ1) is 21.9. The minimum atomic E-state index is -0.335. The maximum absolute atomic E-state index is 12.2. The molecule has 0 aliphatic heterocycles. The lowest BCUT2D eigenvalue weighted by atomic mass is 9.87. The van der Waals surface area contributed by atoms with Crippen LogP contribution in [0.3, 0.4) is 0 Å². The summed E-state index contributed by atoms with van der Waals surface area (Å²) in [6.45, 7) is 7.98. The molecule has 0 atom stereocenters. The molecule has 0 aliphatic carbocycles. The zero-order valence-electron chi connectivity index (χ0n) is 16.3. The fourth-order valence-electron chi connectivity index (χ4n) is 2.39.